The fourth-order valence-corrected chi connectivity index (χ4v) is 4.03. The fraction of sp³-hybridized carbons (Fsp3) is 0.676. The Morgan fingerprint density at radius 2 is 1.16 bits per heavy atom. The second-order valence-electron chi connectivity index (χ2n) is 10.2. The molecule has 2 unspecified atom stereocenters. The standard InChI is InChI=1S/C34H59NO3/c1-3-5-7-9-11-13-15-16-17-18-20-22-24-26-28-30-34(38)35-32(31-36)33(37)29-27-25-23-21-19-14-12-10-8-6-4-2/h8,10-11,13,15-16,19,21,27,29,32-33,36-37H,3-7,9,12,14,17-18,20,22-26,28,30-31H2,1-2H3,(H,35,38)/b10-8+,13-11-,16-15-,21-19+,29-27+. The number of nitrogens with one attached hydrogen (secondary N) is 1. The third kappa shape index (κ3) is 25.7. The van der Waals surface area contributed by atoms with Crippen molar-refractivity contribution < 1.29 is 15.0 Å². The molecule has 0 fully saturated rings. The summed E-state index contributed by atoms with van der Waals surface area (Å²) in [7, 11) is 0. The fourth-order valence-electron chi connectivity index (χ4n) is 4.03. The molecule has 0 aromatic carbocycles. The van der Waals surface area contributed by atoms with Crippen molar-refractivity contribution in [1.29, 1.82) is 0 Å². The highest BCUT2D eigenvalue weighted by Gasteiger charge is 2.17. The number of carbonyl (C=O) groups is 1. The normalized spacial score (nSPS) is 14.1. The molecule has 2 atom stereocenters. The van der Waals surface area contributed by atoms with Crippen LogP contribution in [0.1, 0.15) is 129 Å². The Hall–Kier alpha value is -1.91. The molecule has 0 rings (SSSR count). The number of hydrogen-bond donors (Lipinski definition) is 3. The van der Waals surface area contributed by atoms with E-state index in [1.165, 1.54) is 51.4 Å². The summed E-state index contributed by atoms with van der Waals surface area (Å²) >= 11 is 0. The Bertz CT molecular complexity index is 663. The van der Waals surface area contributed by atoms with Crippen LogP contribution in [-0.2, 0) is 4.79 Å². The topological polar surface area (TPSA) is 69.6 Å². The van der Waals surface area contributed by atoms with Gasteiger partial charge in [-0.3, -0.25) is 4.79 Å². The maximum atomic E-state index is 12.2. The van der Waals surface area contributed by atoms with Gasteiger partial charge in [0.2, 0.25) is 5.91 Å². The Morgan fingerprint density at radius 1 is 0.632 bits per heavy atom. The van der Waals surface area contributed by atoms with Crippen LogP contribution < -0.4 is 5.32 Å². The highest BCUT2D eigenvalue weighted by molar-refractivity contribution is 5.76. The first kappa shape index (κ1) is 36.1. The van der Waals surface area contributed by atoms with Crippen LogP contribution in [0, 0.1) is 0 Å². The zero-order valence-electron chi connectivity index (χ0n) is 24.7. The van der Waals surface area contributed by atoms with Crippen molar-refractivity contribution in [2.45, 2.75) is 142 Å². The van der Waals surface area contributed by atoms with Crippen molar-refractivity contribution in [2.24, 2.45) is 0 Å². The van der Waals surface area contributed by atoms with Gasteiger partial charge in [-0.2, -0.15) is 0 Å². The molecule has 0 aromatic rings. The molecule has 4 heteroatoms. The molecule has 4 nitrogen and oxygen atoms in total. The lowest BCUT2D eigenvalue weighted by Crippen LogP contribution is -2.45. The van der Waals surface area contributed by atoms with Gasteiger partial charge in [0, 0.05) is 6.42 Å². The number of aliphatic hydroxyl groups excluding tert-OH is 2. The van der Waals surface area contributed by atoms with Crippen molar-refractivity contribution in [3.63, 3.8) is 0 Å². The summed E-state index contributed by atoms with van der Waals surface area (Å²) in [5.74, 6) is -0.0969. The summed E-state index contributed by atoms with van der Waals surface area (Å²) in [5, 5.41) is 22.7. The molecule has 0 saturated carbocycles. The average molecular weight is 530 g/mol. The molecule has 0 bridgehead atoms. The summed E-state index contributed by atoms with van der Waals surface area (Å²) in [5.41, 5.74) is 0. The monoisotopic (exact) mass is 529 g/mol. The summed E-state index contributed by atoms with van der Waals surface area (Å²) in [6, 6.07) is -0.650. The van der Waals surface area contributed by atoms with Crippen LogP contribution in [0.3, 0.4) is 0 Å². The first-order valence-electron chi connectivity index (χ1n) is 15.5. The van der Waals surface area contributed by atoms with Crippen molar-refractivity contribution in [2.75, 3.05) is 6.61 Å². The SMILES string of the molecule is CCC/C=C/CC/C=C/CC/C=C/C(O)C(CO)NC(=O)CCCCCCCC/C=C\C=C/CCCCC. The van der Waals surface area contributed by atoms with Gasteiger partial charge in [0.1, 0.15) is 0 Å². The van der Waals surface area contributed by atoms with E-state index in [1.807, 2.05) is 6.08 Å². The van der Waals surface area contributed by atoms with Gasteiger partial charge >= 0.3 is 0 Å². The Labute approximate surface area is 235 Å². The highest BCUT2D eigenvalue weighted by Crippen LogP contribution is 2.10. The van der Waals surface area contributed by atoms with Crippen LogP contribution in [0.15, 0.2) is 60.8 Å². The molecule has 38 heavy (non-hydrogen) atoms. The Morgan fingerprint density at radius 3 is 1.74 bits per heavy atom. The third-order valence-electron chi connectivity index (χ3n) is 6.46. The first-order valence-corrected chi connectivity index (χ1v) is 15.5. The summed E-state index contributed by atoms with van der Waals surface area (Å²) in [6.45, 7) is 4.15. The van der Waals surface area contributed by atoms with Crippen LogP contribution in [-0.4, -0.2) is 34.9 Å². The highest BCUT2D eigenvalue weighted by atomic mass is 16.3. The molecule has 3 N–H and O–H groups in total. The first-order chi connectivity index (χ1) is 18.7. The predicted octanol–water partition coefficient (Wildman–Crippen LogP) is 8.67. The largest absolute Gasteiger partial charge is 0.394 e. The molecule has 0 aliphatic carbocycles. The van der Waals surface area contributed by atoms with Crippen LogP contribution in [0.2, 0.25) is 0 Å². The minimum absolute atomic E-state index is 0.0969. The number of amides is 1. The minimum Gasteiger partial charge on any atom is -0.394 e. The summed E-state index contributed by atoms with van der Waals surface area (Å²) < 4.78 is 0. The van der Waals surface area contributed by atoms with Gasteiger partial charge in [-0.05, 0) is 64.2 Å². The van der Waals surface area contributed by atoms with E-state index in [0.29, 0.717) is 6.42 Å². The third-order valence-corrected chi connectivity index (χ3v) is 6.46. The second kappa shape index (κ2) is 29.6. The molecule has 1 amide bonds. The van der Waals surface area contributed by atoms with Crippen molar-refractivity contribution in [3.8, 4) is 0 Å². The van der Waals surface area contributed by atoms with E-state index >= 15 is 0 Å². The quantitative estimate of drug-likeness (QED) is 0.0596. The van der Waals surface area contributed by atoms with E-state index in [1.54, 1.807) is 6.08 Å². The Kier molecular flexibility index (Phi) is 28.2. The minimum atomic E-state index is -0.873. The number of rotatable bonds is 26. The van der Waals surface area contributed by atoms with E-state index in [0.717, 1.165) is 57.8 Å². The molecular formula is C34H59NO3. The van der Waals surface area contributed by atoms with E-state index in [4.69, 9.17) is 0 Å². The van der Waals surface area contributed by atoms with Crippen molar-refractivity contribution in [3.05, 3.63) is 60.8 Å². The van der Waals surface area contributed by atoms with Crippen LogP contribution in [0.5, 0.6) is 0 Å². The van der Waals surface area contributed by atoms with Crippen LogP contribution in [0.25, 0.3) is 0 Å². The lowest BCUT2D eigenvalue weighted by molar-refractivity contribution is -0.123. The van der Waals surface area contributed by atoms with Gasteiger partial charge in [-0.15, -0.1) is 0 Å². The van der Waals surface area contributed by atoms with Gasteiger partial charge in [-0.25, -0.2) is 0 Å². The van der Waals surface area contributed by atoms with Gasteiger partial charge < -0.3 is 15.5 Å². The molecule has 0 heterocycles. The van der Waals surface area contributed by atoms with Gasteiger partial charge in [-0.1, -0.05) is 120 Å². The lowest BCUT2D eigenvalue weighted by atomic mass is 10.1. The predicted molar refractivity (Wildman–Crippen MR) is 165 cm³/mol. The van der Waals surface area contributed by atoms with E-state index in [-0.39, 0.29) is 12.5 Å². The Balaban J connectivity index is 3.79. The van der Waals surface area contributed by atoms with Crippen molar-refractivity contribution in [1.82, 2.24) is 5.32 Å². The van der Waals surface area contributed by atoms with E-state index in [2.05, 4.69) is 67.8 Å². The molecule has 218 valence electrons. The summed E-state index contributed by atoms with van der Waals surface area (Å²) in [4.78, 5) is 12.2. The maximum absolute atomic E-state index is 12.2. The summed E-state index contributed by atoms with van der Waals surface area (Å²) in [6.07, 6.45) is 40.0. The number of aliphatic hydroxyl groups is 2. The maximum Gasteiger partial charge on any atom is 0.220 e. The number of allylic oxidation sites excluding steroid dienone is 9. The van der Waals surface area contributed by atoms with Gasteiger partial charge in [0.15, 0.2) is 0 Å². The van der Waals surface area contributed by atoms with E-state index < -0.39 is 12.1 Å². The number of carbonyl (C=O) groups excluding carboxylic acids is 1. The number of unbranched alkanes of at least 4 members (excludes halogenated alkanes) is 12. The zero-order valence-corrected chi connectivity index (χ0v) is 24.7. The molecule has 0 aromatic heterocycles. The lowest BCUT2D eigenvalue weighted by Gasteiger charge is -2.19. The second-order valence-corrected chi connectivity index (χ2v) is 10.2. The van der Waals surface area contributed by atoms with Crippen LogP contribution in [0.4, 0.5) is 0 Å². The van der Waals surface area contributed by atoms with Gasteiger partial charge in [0.05, 0.1) is 18.8 Å². The molecule has 0 aliphatic heterocycles. The zero-order chi connectivity index (χ0) is 27.9. The molecule has 0 radical (unpaired) electrons. The molecule has 0 spiro atoms. The average Bonchev–Trinajstić information content (AvgIpc) is 2.92. The molecular weight excluding hydrogens is 470 g/mol. The smallest absolute Gasteiger partial charge is 0.220 e. The number of hydrogen-bond acceptors (Lipinski definition) is 3. The molecule has 0 saturated heterocycles. The van der Waals surface area contributed by atoms with Crippen molar-refractivity contribution >= 4 is 5.91 Å². The van der Waals surface area contributed by atoms with Gasteiger partial charge in [0.25, 0.3) is 0 Å². The van der Waals surface area contributed by atoms with E-state index in [9.17, 15) is 15.0 Å². The molecule has 0 aliphatic rings. The van der Waals surface area contributed by atoms with Crippen LogP contribution >= 0.6 is 0 Å².